The standard InChI is InChI=1S/C28H38N2O3/c1-20(2)17-30(3)18-21-6-7-24-16-25(11-8-23(24)15-21)29-28(31)22-9-12-26(13-10-22)33-19-27-5-4-14-32-27/h6-7,9-10,12-13,15,20,25,27H,4-5,8,11,14,16-19H2,1-3H3,(H,29,31)/t25-,27-/m0/s1. The summed E-state index contributed by atoms with van der Waals surface area (Å²) >= 11 is 0. The van der Waals surface area contributed by atoms with E-state index < -0.39 is 0 Å². The second kappa shape index (κ2) is 11.2. The smallest absolute Gasteiger partial charge is 0.251 e. The van der Waals surface area contributed by atoms with Crippen molar-refractivity contribution in [3.63, 3.8) is 0 Å². The van der Waals surface area contributed by atoms with Gasteiger partial charge in [-0.1, -0.05) is 32.0 Å². The van der Waals surface area contributed by atoms with E-state index in [0.717, 1.165) is 57.6 Å². The van der Waals surface area contributed by atoms with Crippen molar-refractivity contribution >= 4 is 5.91 Å². The molecule has 2 aliphatic rings. The molecule has 0 spiro atoms. The van der Waals surface area contributed by atoms with Gasteiger partial charge in [0.05, 0.1) is 6.10 Å². The fraction of sp³-hybridized carbons (Fsp3) is 0.536. The van der Waals surface area contributed by atoms with Crippen LogP contribution in [0.5, 0.6) is 5.75 Å². The van der Waals surface area contributed by atoms with Crippen molar-refractivity contribution in [2.45, 2.75) is 64.6 Å². The molecule has 2 aromatic carbocycles. The summed E-state index contributed by atoms with van der Waals surface area (Å²) < 4.78 is 11.4. The molecule has 0 radical (unpaired) electrons. The van der Waals surface area contributed by atoms with Crippen molar-refractivity contribution in [2.24, 2.45) is 5.92 Å². The molecule has 1 N–H and O–H groups in total. The van der Waals surface area contributed by atoms with Crippen LogP contribution in [0.4, 0.5) is 0 Å². The predicted molar refractivity (Wildman–Crippen MR) is 132 cm³/mol. The Morgan fingerprint density at radius 1 is 1.15 bits per heavy atom. The predicted octanol–water partition coefficient (Wildman–Crippen LogP) is 4.62. The van der Waals surface area contributed by atoms with Gasteiger partial charge in [0.2, 0.25) is 0 Å². The highest BCUT2D eigenvalue weighted by Gasteiger charge is 2.21. The van der Waals surface area contributed by atoms with Gasteiger partial charge in [-0.15, -0.1) is 0 Å². The van der Waals surface area contributed by atoms with Gasteiger partial charge in [-0.25, -0.2) is 0 Å². The van der Waals surface area contributed by atoms with Gasteiger partial charge < -0.3 is 19.7 Å². The van der Waals surface area contributed by atoms with Crippen molar-refractivity contribution in [1.29, 1.82) is 0 Å². The van der Waals surface area contributed by atoms with Crippen LogP contribution in [0.3, 0.4) is 0 Å². The fourth-order valence-electron chi connectivity index (χ4n) is 4.97. The van der Waals surface area contributed by atoms with Crippen LogP contribution in [0, 0.1) is 5.92 Å². The molecular weight excluding hydrogens is 412 g/mol. The molecule has 1 saturated heterocycles. The minimum absolute atomic E-state index is 0.0129. The number of benzene rings is 2. The first-order valence-corrected chi connectivity index (χ1v) is 12.4. The average Bonchev–Trinajstić information content (AvgIpc) is 3.31. The van der Waals surface area contributed by atoms with Crippen molar-refractivity contribution in [3.8, 4) is 5.75 Å². The maximum atomic E-state index is 12.8. The second-order valence-corrected chi connectivity index (χ2v) is 10.1. The third-order valence-corrected chi connectivity index (χ3v) is 6.54. The van der Waals surface area contributed by atoms with Crippen molar-refractivity contribution < 1.29 is 14.3 Å². The lowest BCUT2D eigenvalue weighted by Crippen LogP contribution is -2.38. The Hall–Kier alpha value is -2.37. The highest BCUT2D eigenvalue weighted by molar-refractivity contribution is 5.94. The number of ether oxygens (including phenoxy) is 2. The van der Waals surface area contributed by atoms with Crippen LogP contribution < -0.4 is 10.1 Å². The van der Waals surface area contributed by atoms with Gasteiger partial charge >= 0.3 is 0 Å². The van der Waals surface area contributed by atoms with Crippen molar-refractivity contribution in [1.82, 2.24) is 10.2 Å². The fourth-order valence-corrected chi connectivity index (χ4v) is 4.97. The van der Waals surface area contributed by atoms with E-state index in [1.807, 2.05) is 24.3 Å². The summed E-state index contributed by atoms with van der Waals surface area (Å²) in [6, 6.07) is 14.5. The number of amides is 1. The molecule has 5 nitrogen and oxygen atoms in total. The summed E-state index contributed by atoms with van der Waals surface area (Å²) in [5.74, 6) is 1.44. The Morgan fingerprint density at radius 2 is 1.97 bits per heavy atom. The molecule has 0 bridgehead atoms. The number of aryl methyl sites for hydroxylation is 1. The number of rotatable bonds is 9. The van der Waals surface area contributed by atoms with E-state index in [-0.39, 0.29) is 18.1 Å². The Morgan fingerprint density at radius 3 is 2.70 bits per heavy atom. The van der Waals surface area contributed by atoms with Gasteiger partial charge in [0, 0.05) is 31.3 Å². The lowest BCUT2D eigenvalue weighted by Gasteiger charge is -2.27. The van der Waals surface area contributed by atoms with Crippen LogP contribution in [0.2, 0.25) is 0 Å². The zero-order chi connectivity index (χ0) is 23.2. The molecule has 1 aliphatic heterocycles. The molecule has 4 rings (SSSR count). The van der Waals surface area contributed by atoms with E-state index in [1.54, 1.807) is 0 Å². The van der Waals surface area contributed by atoms with Gasteiger partial charge in [-0.3, -0.25) is 4.79 Å². The highest BCUT2D eigenvalue weighted by atomic mass is 16.5. The normalized spacial score (nSPS) is 20.2. The number of hydrogen-bond donors (Lipinski definition) is 1. The SMILES string of the molecule is CC(C)CN(C)Cc1ccc2c(c1)CC[C@H](NC(=O)c1ccc(OC[C@@H]3CCCO3)cc1)C2. The minimum Gasteiger partial charge on any atom is -0.491 e. The minimum atomic E-state index is -0.0129. The number of nitrogens with zero attached hydrogens (tertiary/aromatic N) is 1. The second-order valence-electron chi connectivity index (χ2n) is 10.1. The first kappa shape index (κ1) is 23.8. The van der Waals surface area contributed by atoms with Crippen LogP contribution in [0.15, 0.2) is 42.5 Å². The third-order valence-electron chi connectivity index (χ3n) is 6.54. The van der Waals surface area contributed by atoms with E-state index >= 15 is 0 Å². The zero-order valence-electron chi connectivity index (χ0n) is 20.3. The van der Waals surface area contributed by atoms with Crippen LogP contribution in [-0.4, -0.2) is 49.8 Å². The molecule has 1 amide bonds. The summed E-state index contributed by atoms with van der Waals surface area (Å²) in [7, 11) is 2.19. The average molecular weight is 451 g/mol. The van der Waals surface area contributed by atoms with Crippen LogP contribution in [0.1, 0.15) is 60.2 Å². The Kier molecular flexibility index (Phi) is 8.05. The van der Waals surface area contributed by atoms with Gasteiger partial charge in [0.15, 0.2) is 0 Å². The van der Waals surface area contributed by atoms with Gasteiger partial charge in [0.1, 0.15) is 12.4 Å². The number of carbonyl (C=O) groups excluding carboxylic acids is 1. The quantitative estimate of drug-likeness (QED) is 0.606. The maximum absolute atomic E-state index is 12.8. The number of nitrogens with one attached hydrogen (secondary N) is 1. The van der Waals surface area contributed by atoms with Crippen LogP contribution >= 0.6 is 0 Å². The summed E-state index contributed by atoms with van der Waals surface area (Å²) in [5, 5.41) is 3.23. The summed E-state index contributed by atoms with van der Waals surface area (Å²) in [5.41, 5.74) is 4.85. The lowest BCUT2D eigenvalue weighted by molar-refractivity contribution is 0.0679. The first-order chi connectivity index (χ1) is 16.0. The van der Waals surface area contributed by atoms with Gasteiger partial charge in [-0.2, -0.15) is 0 Å². The largest absolute Gasteiger partial charge is 0.491 e. The topological polar surface area (TPSA) is 50.8 Å². The molecule has 1 fully saturated rings. The molecule has 1 heterocycles. The molecule has 1 aliphatic carbocycles. The Labute approximate surface area is 198 Å². The van der Waals surface area contributed by atoms with E-state index in [1.165, 1.54) is 16.7 Å². The van der Waals surface area contributed by atoms with E-state index in [2.05, 4.69) is 49.3 Å². The molecule has 0 saturated carbocycles. The molecule has 0 unspecified atom stereocenters. The van der Waals surface area contributed by atoms with Crippen molar-refractivity contribution in [2.75, 3.05) is 26.8 Å². The van der Waals surface area contributed by atoms with Crippen LogP contribution in [-0.2, 0) is 24.1 Å². The van der Waals surface area contributed by atoms with Gasteiger partial charge in [0.25, 0.3) is 5.91 Å². The lowest BCUT2D eigenvalue weighted by atomic mass is 9.87. The van der Waals surface area contributed by atoms with E-state index in [0.29, 0.717) is 18.1 Å². The molecule has 2 aromatic rings. The Bertz CT molecular complexity index is 919. The van der Waals surface area contributed by atoms with Crippen LogP contribution in [0.25, 0.3) is 0 Å². The molecule has 5 heteroatoms. The maximum Gasteiger partial charge on any atom is 0.251 e. The van der Waals surface area contributed by atoms with E-state index in [9.17, 15) is 4.79 Å². The number of hydrogen-bond acceptors (Lipinski definition) is 4. The molecule has 33 heavy (non-hydrogen) atoms. The highest BCUT2D eigenvalue weighted by Crippen LogP contribution is 2.24. The molecule has 0 aromatic heterocycles. The Balaban J connectivity index is 1.27. The summed E-state index contributed by atoms with van der Waals surface area (Å²) in [4.78, 5) is 15.2. The molecule has 178 valence electrons. The number of carbonyl (C=O) groups is 1. The summed E-state index contributed by atoms with van der Waals surface area (Å²) in [6.07, 6.45) is 5.24. The zero-order valence-corrected chi connectivity index (χ0v) is 20.3. The first-order valence-electron chi connectivity index (χ1n) is 12.4. The number of fused-ring (bicyclic) bond motifs is 1. The van der Waals surface area contributed by atoms with Gasteiger partial charge in [-0.05, 0) is 86.0 Å². The third kappa shape index (κ3) is 6.81. The molecular formula is C28H38N2O3. The molecule has 2 atom stereocenters. The monoisotopic (exact) mass is 450 g/mol. The summed E-state index contributed by atoms with van der Waals surface area (Å²) in [6.45, 7) is 8.00. The van der Waals surface area contributed by atoms with E-state index in [4.69, 9.17) is 9.47 Å². The van der Waals surface area contributed by atoms with Crippen molar-refractivity contribution in [3.05, 3.63) is 64.7 Å².